The van der Waals surface area contributed by atoms with Gasteiger partial charge < -0.3 is 4.74 Å². The van der Waals surface area contributed by atoms with Crippen molar-refractivity contribution in [1.29, 1.82) is 5.26 Å². The number of nitriles is 1. The molecule has 0 N–H and O–H groups in total. The van der Waals surface area contributed by atoms with Gasteiger partial charge in [-0.05, 0) is 32.9 Å². The van der Waals surface area contributed by atoms with E-state index in [0.29, 0.717) is 6.10 Å². The van der Waals surface area contributed by atoms with E-state index < -0.39 is 0 Å². The molecule has 3 heteroatoms. The first kappa shape index (κ1) is 11.9. The summed E-state index contributed by atoms with van der Waals surface area (Å²) in [4.78, 5) is 2.41. The molecule has 2 aliphatic rings. The van der Waals surface area contributed by atoms with Crippen molar-refractivity contribution in [3.8, 4) is 6.07 Å². The van der Waals surface area contributed by atoms with Crippen LogP contribution in [0.2, 0.25) is 0 Å². The number of likely N-dealkylation sites (tertiary alicyclic amines) is 1. The second-order valence-corrected chi connectivity index (χ2v) is 5.03. The third-order valence-electron chi connectivity index (χ3n) is 3.95. The van der Waals surface area contributed by atoms with Gasteiger partial charge in [-0.25, -0.2) is 0 Å². The zero-order valence-corrected chi connectivity index (χ0v) is 10.2. The topological polar surface area (TPSA) is 36.3 Å². The molecule has 1 heterocycles. The van der Waals surface area contributed by atoms with Crippen LogP contribution >= 0.6 is 0 Å². The molecule has 1 aliphatic heterocycles. The van der Waals surface area contributed by atoms with Crippen LogP contribution in [0.5, 0.6) is 0 Å². The molecule has 0 aromatic carbocycles. The summed E-state index contributed by atoms with van der Waals surface area (Å²) < 4.78 is 5.58. The highest BCUT2D eigenvalue weighted by atomic mass is 16.5. The van der Waals surface area contributed by atoms with Gasteiger partial charge in [0.15, 0.2) is 0 Å². The lowest BCUT2D eigenvalue weighted by atomic mass is 9.73. The molecule has 1 aliphatic carbocycles. The molecule has 0 atom stereocenters. The number of ether oxygens (including phenoxy) is 1. The van der Waals surface area contributed by atoms with Gasteiger partial charge in [-0.3, -0.25) is 4.90 Å². The van der Waals surface area contributed by atoms with Crippen LogP contribution in [0, 0.1) is 11.3 Å². The molecule has 3 nitrogen and oxygen atoms in total. The molecule has 0 bridgehead atoms. The fraction of sp³-hybridized carbons (Fsp3) is 0.923. The number of hydrogen-bond acceptors (Lipinski definition) is 3. The zero-order valence-electron chi connectivity index (χ0n) is 10.2. The van der Waals surface area contributed by atoms with E-state index in [2.05, 4.69) is 11.0 Å². The Morgan fingerprint density at radius 3 is 2.38 bits per heavy atom. The predicted octanol–water partition coefficient (Wildman–Crippen LogP) is 2.32. The van der Waals surface area contributed by atoms with Gasteiger partial charge in [-0.15, -0.1) is 0 Å². The Balaban J connectivity index is 1.93. The van der Waals surface area contributed by atoms with Gasteiger partial charge >= 0.3 is 0 Å². The Kier molecular flexibility index (Phi) is 3.83. The lowest BCUT2D eigenvalue weighted by Gasteiger charge is -2.49. The molecule has 16 heavy (non-hydrogen) atoms. The Labute approximate surface area is 98.4 Å². The first-order chi connectivity index (χ1) is 7.80. The Bertz CT molecular complexity index is 258. The van der Waals surface area contributed by atoms with Gasteiger partial charge in [0, 0.05) is 19.4 Å². The van der Waals surface area contributed by atoms with Crippen LogP contribution in [0.4, 0.5) is 0 Å². The van der Waals surface area contributed by atoms with Crippen LogP contribution in [0.3, 0.4) is 0 Å². The number of rotatable bonds is 3. The predicted molar refractivity (Wildman–Crippen MR) is 63.0 cm³/mol. The molecule has 1 saturated carbocycles. The highest BCUT2D eigenvalue weighted by molar-refractivity contribution is 5.17. The van der Waals surface area contributed by atoms with E-state index in [1.165, 1.54) is 25.7 Å². The third-order valence-corrected chi connectivity index (χ3v) is 3.95. The summed E-state index contributed by atoms with van der Waals surface area (Å²) >= 11 is 0. The second-order valence-electron chi connectivity index (χ2n) is 5.03. The molecule has 0 aromatic heterocycles. The van der Waals surface area contributed by atoms with Crippen molar-refractivity contribution >= 4 is 0 Å². The van der Waals surface area contributed by atoms with Crippen molar-refractivity contribution in [3.63, 3.8) is 0 Å². The fourth-order valence-corrected chi connectivity index (χ4v) is 2.97. The Morgan fingerprint density at radius 2 is 1.88 bits per heavy atom. The smallest absolute Gasteiger partial charge is 0.114 e. The van der Waals surface area contributed by atoms with Gasteiger partial charge in [-0.1, -0.05) is 12.8 Å². The summed E-state index contributed by atoms with van der Waals surface area (Å²) in [5, 5.41) is 9.42. The highest BCUT2D eigenvalue weighted by Gasteiger charge is 2.49. The number of nitrogens with zero attached hydrogens (tertiary/aromatic N) is 2. The summed E-state index contributed by atoms with van der Waals surface area (Å²) in [5.74, 6) is 0. The first-order valence-electron chi connectivity index (χ1n) is 6.58. The molecule has 2 rings (SSSR count). The molecule has 0 amide bonds. The van der Waals surface area contributed by atoms with Crippen molar-refractivity contribution in [3.05, 3.63) is 0 Å². The van der Waals surface area contributed by atoms with Crippen molar-refractivity contribution in [2.45, 2.75) is 57.1 Å². The fourth-order valence-electron chi connectivity index (χ4n) is 2.97. The summed E-state index contributed by atoms with van der Waals surface area (Å²) in [6, 6.07) is 2.55. The maximum Gasteiger partial charge on any atom is 0.114 e. The highest BCUT2D eigenvalue weighted by Crippen LogP contribution is 2.40. The normalized spacial score (nSPS) is 36.1. The van der Waals surface area contributed by atoms with E-state index >= 15 is 0 Å². The summed E-state index contributed by atoms with van der Waals surface area (Å²) in [5.41, 5.74) is -0.190. The van der Waals surface area contributed by atoms with Crippen LogP contribution < -0.4 is 0 Å². The molecule has 2 fully saturated rings. The molecular formula is C13H22N2O. The second kappa shape index (κ2) is 5.16. The summed E-state index contributed by atoms with van der Waals surface area (Å²) in [7, 11) is 0. The Morgan fingerprint density at radius 1 is 1.25 bits per heavy atom. The van der Waals surface area contributed by atoms with Crippen molar-refractivity contribution in [2.75, 3.05) is 19.7 Å². The largest absolute Gasteiger partial charge is 0.378 e. The average Bonchev–Trinajstić information content (AvgIpc) is 2.51. The van der Waals surface area contributed by atoms with Crippen LogP contribution in [-0.2, 0) is 4.74 Å². The standard InChI is InChI=1S/C13H22N2O/c1-2-16-12-9-13(10-12,11-14)15-7-5-3-4-6-8-15/h12H,2-10H2,1H3. The molecule has 90 valence electrons. The quantitative estimate of drug-likeness (QED) is 0.735. The zero-order chi connectivity index (χ0) is 11.4. The minimum atomic E-state index is -0.190. The van der Waals surface area contributed by atoms with Crippen molar-refractivity contribution < 1.29 is 4.74 Å². The molecular weight excluding hydrogens is 200 g/mol. The molecule has 0 spiro atoms. The molecule has 0 aromatic rings. The van der Waals surface area contributed by atoms with E-state index in [-0.39, 0.29) is 5.54 Å². The lowest BCUT2D eigenvalue weighted by Crippen LogP contribution is -2.59. The SMILES string of the molecule is CCOC1CC(C#N)(N2CCCCCC2)C1. The van der Waals surface area contributed by atoms with Gasteiger partial charge in [0.05, 0.1) is 12.2 Å². The molecule has 0 radical (unpaired) electrons. The van der Waals surface area contributed by atoms with Gasteiger partial charge in [0.2, 0.25) is 0 Å². The van der Waals surface area contributed by atoms with Crippen LogP contribution in [0.25, 0.3) is 0 Å². The van der Waals surface area contributed by atoms with Crippen LogP contribution in [0.1, 0.15) is 45.4 Å². The van der Waals surface area contributed by atoms with Crippen molar-refractivity contribution in [1.82, 2.24) is 4.90 Å². The number of hydrogen-bond donors (Lipinski definition) is 0. The summed E-state index contributed by atoms with van der Waals surface area (Å²) in [6.07, 6.45) is 7.31. The van der Waals surface area contributed by atoms with Gasteiger partial charge in [0.1, 0.15) is 5.54 Å². The van der Waals surface area contributed by atoms with Crippen molar-refractivity contribution in [2.24, 2.45) is 0 Å². The maximum absolute atomic E-state index is 9.42. The van der Waals surface area contributed by atoms with E-state index in [0.717, 1.165) is 32.5 Å². The van der Waals surface area contributed by atoms with Gasteiger partial charge in [-0.2, -0.15) is 5.26 Å². The summed E-state index contributed by atoms with van der Waals surface area (Å²) in [6.45, 7) is 5.00. The van der Waals surface area contributed by atoms with E-state index in [1.54, 1.807) is 0 Å². The minimum absolute atomic E-state index is 0.190. The van der Waals surface area contributed by atoms with Crippen LogP contribution in [0.15, 0.2) is 0 Å². The third kappa shape index (κ3) is 2.23. The first-order valence-corrected chi connectivity index (χ1v) is 6.58. The van der Waals surface area contributed by atoms with E-state index in [4.69, 9.17) is 4.74 Å². The Hall–Kier alpha value is -0.590. The lowest BCUT2D eigenvalue weighted by molar-refractivity contribution is -0.0770. The van der Waals surface area contributed by atoms with Gasteiger partial charge in [0.25, 0.3) is 0 Å². The monoisotopic (exact) mass is 222 g/mol. The maximum atomic E-state index is 9.42. The molecule has 1 saturated heterocycles. The average molecular weight is 222 g/mol. The minimum Gasteiger partial charge on any atom is -0.378 e. The molecule has 0 unspecified atom stereocenters. The van der Waals surface area contributed by atoms with Crippen LogP contribution in [-0.4, -0.2) is 36.2 Å². The van der Waals surface area contributed by atoms with E-state index in [9.17, 15) is 5.26 Å². The van der Waals surface area contributed by atoms with E-state index in [1.807, 2.05) is 6.92 Å².